The first-order valence-corrected chi connectivity index (χ1v) is 11.5. The van der Waals surface area contributed by atoms with Crippen LogP contribution in [0.1, 0.15) is 30.9 Å². The summed E-state index contributed by atoms with van der Waals surface area (Å²) in [6, 6.07) is 20.0. The summed E-state index contributed by atoms with van der Waals surface area (Å²) in [6.45, 7) is 3.95. The summed E-state index contributed by atoms with van der Waals surface area (Å²) in [6.07, 6.45) is 1.90. The van der Waals surface area contributed by atoms with E-state index >= 15 is 0 Å². The number of hydrogen-bond donors (Lipinski definition) is 2. The molecule has 0 aromatic heterocycles. The Morgan fingerprint density at radius 2 is 1.39 bits per heavy atom. The molecule has 2 aromatic carbocycles. The molecule has 0 unspecified atom stereocenters. The van der Waals surface area contributed by atoms with E-state index in [0.717, 1.165) is 18.5 Å². The zero-order chi connectivity index (χ0) is 26.6. The van der Waals surface area contributed by atoms with E-state index in [9.17, 15) is 9.59 Å². The van der Waals surface area contributed by atoms with Crippen LogP contribution in [0.4, 0.5) is 0 Å². The first-order valence-electron chi connectivity index (χ1n) is 11.5. The molecule has 10 heteroatoms. The Morgan fingerprint density at radius 3 is 1.83 bits per heavy atom. The van der Waals surface area contributed by atoms with Crippen LogP contribution in [-0.4, -0.2) is 76.3 Å². The number of esters is 1. The normalized spacial score (nSPS) is 14.6. The monoisotopic (exact) mass is 500 g/mol. The molecule has 0 saturated carbocycles. The number of benzene rings is 2. The Bertz CT molecular complexity index is 993. The average Bonchev–Trinajstić information content (AvgIpc) is 2.89. The quantitative estimate of drug-likeness (QED) is 0.318. The van der Waals surface area contributed by atoms with Gasteiger partial charge in [-0.3, -0.25) is 9.63 Å². The molecule has 0 aliphatic carbocycles. The summed E-state index contributed by atoms with van der Waals surface area (Å²) in [5.74, 6) is -4.37. The molecule has 3 rings (SSSR count). The van der Waals surface area contributed by atoms with Gasteiger partial charge in [-0.05, 0) is 30.4 Å². The van der Waals surface area contributed by atoms with Crippen molar-refractivity contribution in [2.24, 2.45) is 0 Å². The number of carboxylic acid groups (broad SMARTS) is 2. The maximum absolute atomic E-state index is 12.8. The van der Waals surface area contributed by atoms with E-state index in [4.69, 9.17) is 29.4 Å². The van der Waals surface area contributed by atoms with Crippen LogP contribution in [0.2, 0.25) is 0 Å². The minimum Gasteiger partial charge on any atom is -0.473 e. The lowest BCUT2D eigenvalue weighted by Gasteiger charge is -2.45. The fourth-order valence-electron chi connectivity index (χ4n) is 3.99. The molecule has 1 heterocycles. The van der Waals surface area contributed by atoms with Gasteiger partial charge in [0.25, 0.3) is 0 Å². The highest BCUT2D eigenvalue weighted by Gasteiger charge is 2.50. The van der Waals surface area contributed by atoms with E-state index in [0.29, 0.717) is 25.9 Å². The van der Waals surface area contributed by atoms with Crippen molar-refractivity contribution in [2.75, 3.05) is 26.7 Å². The van der Waals surface area contributed by atoms with E-state index in [-0.39, 0.29) is 12.5 Å². The van der Waals surface area contributed by atoms with Gasteiger partial charge in [0.1, 0.15) is 6.61 Å². The molecule has 36 heavy (non-hydrogen) atoms. The van der Waals surface area contributed by atoms with Crippen molar-refractivity contribution in [1.82, 2.24) is 9.96 Å². The van der Waals surface area contributed by atoms with Crippen molar-refractivity contribution in [3.8, 4) is 0 Å². The molecule has 1 amide bonds. The highest BCUT2D eigenvalue weighted by Crippen LogP contribution is 2.32. The Labute approximate surface area is 210 Å². The first kappa shape index (κ1) is 28.5. The maximum atomic E-state index is 12.8. The van der Waals surface area contributed by atoms with E-state index < -0.39 is 23.4 Å². The summed E-state index contributed by atoms with van der Waals surface area (Å²) in [7, 11) is 1.36. The maximum Gasteiger partial charge on any atom is 0.414 e. The van der Waals surface area contributed by atoms with Crippen molar-refractivity contribution < 1.29 is 39.0 Å². The Kier molecular flexibility index (Phi) is 11.0. The molecule has 2 N–H and O–H groups in total. The summed E-state index contributed by atoms with van der Waals surface area (Å²) in [5, 5.41) is 16.0. The highest BCUT2D eigenvalue weighted by molar-refractivity contribution is 6.27. The third kappa shape index (κ3) is 8.17. The second kappa shape index (κ2) is 14.0. The van der Waals surface area contributed by atoms with Crippen LogP contribution in [-0.2, 0) is 41.8 Å². The molecule has 0 bridgehead atoms. The van der Waals surface area contributed by atoms with Gasteiger partial charge in [-0.1, -0.05) is 60.7 Å². The van der Waals surface area contributed by atoms with E-state index in [1.54, 1.807) is 0 Å². The zero-order valence-electron chi connectivity index (χ0n) is 20.5. The molecule has 1 fully saturated rings. The lowest BCUT2D eigenvalue weighted by Crippen LogP contribution is -2.61. The molecule has 2 aromatic rings. The van der Waals surface area contributed by atoms with Gasteiger partial charge in [0, 0.05) is 26.6 Å². The second-order valence-corrected chi connectivity index (χ2v) is 8.28. The number of piperidine rings is 1. The van der Waals surface area contributed by atoms with Crippen LogP contribution in [0.3, 0.4) is 0 Å². The number of likely N-dealkylation sites (tertiary alicyclic amines) is 1. The minimum absolute atomic E-state index is 0.219. The molecule has 0 atom stereocenters. The van der Waals surface area contributed by atoms with E-state index in [1.165, 1.54) is 24.7 Å². The number of carbonyl (C=O) groups is 4. The summed E-state index contributed by atoms with van der Waals surface area (Å²) in [4.78, 5) is 51.7. The zero-order valence-corrected chi connectivity index (χ0v) is 20.5. The van der Waals surface area contributed by atoms with Gasteiger partial charge in [-0.15, -0.1) is 0 Å². The second-order valence-electron chi connectivity index (χ2n) is 8.28. The first-order chi connectivity index (χ1) is 17.2. The number of amides is 1. The average molecular weight is 501 g/mol. The third-order valence-electron chi connectivity index (χ3n) is 5.87. The number of carbonyl (C=O) groups excluding carboxylic acids is 2. The molecule has 1 aliphatic heterocycles. The van der Waals surface area contributed by atoms with Gasteiger partial charge < -0.3 is 19.8 Å². The van der Waals surface area contributed by atoms with Crippen LogP contribution in [0.5, 0.6) is 0 Å². The SMILES string of the molecule is COC(=O)C1(N(OCc2ccccc2)C(C)=O)CCN(CCc2ccccc2)CC1.O=C(O)C(=O)O. The van der Waals surface area contributed by atoms with Crippen molar-refractivity contribution in [2.45, 2.75) is 38.3 Å². The number of aliphatic carboxylic acids is 2. The summed E-state index contributed by atoms with van der Waals surface area (Å²) < 4.78 is 5.11. The number of nitrogens with zero attached hydrogens (tertiary/aromatic N) is 2. The van der Waals surface area contributed by atoms with Crippen molar-refractivity contribution >= 4 is 23.8 Å². The van der Waals surface area contributed by atoms with Crippen LogP contribution < -0.4 is 0 Å². The van der Waals surface area contributed by atoms with Crippen molar-refractivity contribution in [3.05, 3.63) is 71.8 Å². The number of hydroxylamine groups is 2. The molecule has 0 radical (unpaired) electrons. The minimum atomic E-state index is -1.82. The molecular weight excluding hydrogens is 468 g/mol. The molecule has 1 saturated heterocycles. The molecule has 0 spiro atoms. The lowest BCUT2D eigenvalue weighted by molar-refractivity contribution is -0.239. The van der Waals surface area contributed by atoms with Crippen molar-refractivity contribution in [1.29, 1.82) is 0 Å². The van der Waals surface area contributed by atoms with Gasteiger partial charge >= 0.3 is 17.9 Å². The van der Waals surface area contributed by atoms with Crippen LogP contribution in [0.15, 0.2) is 60.7 Å². The number of rotatable bonds is 8. The highest BCUT2D eigenvalue weighted by atomic mass is 16.7. The van der Waals surface area contributed by atoms with Gasteiger partial charge in [-0.2, -0.15) is 0 Å². The van der Waals surface area contributed by atoms with Gasteiger partial charge in [0.2, 0.25) is 5.91 Å². The molecule has 1 aliphatic rings. The Morgan fingerprint density at radius 1 is 0.889 bits per heavy atom. The smallest absolute Gasteiger partial charge is 0.414 e. The van der Waals surface area contributed by atoms with Crippen LogP contribution >= 0.6 is 0 Å². The Hall–Kier alpha value is -3.76. The summed E-state index contributed by atoms with van der Waals surface area (Å²) >= 11 is 0. The third-order valence-corrected chi connectivity index (χ3v) is 5.87. The van der Waals surface area contributed by atoms with Crippen LogP contribution in [0, 0.1) is 0 Å². The number of carboxylic acids is 2. The van der Waals surface area contributed by atoms with Gasteiger partial charge in [0.05, 0.1) is 7.11 Å². The Balaban J connectivity index is 0.000000678. The van der Waals surface area contributed by atoms with Crippen molar-refractivity contribution in [3.63, 3.8) is 0 Å². The number of hydrogen-bond acceptors (Lipinski definition) is 7. The molecule has 194 valence electrons. The number of ether oxygens (including phenoxy) is 1. The summed E-state index contributed by atoms with van der Waals surface area (Å²) in [5.41, 5.74) is 1.13. The van der Waals surface area contributed by atoms with E-state index in [2.05, 4.69) is 17.0 Å². The van der Waals surface area contributed by atoms with Crippen LogP contribution in [0.25, 0.3) is 0 Å². The van der Waals surface area contributed by atoms with E-state index in [1.807, 2.05) is 48.5 Å². The largest absolute Gasteiger partial charge is 0.473 e. The fraction of sp³-hybridized carbons (Fsp3) is 0.385. The topological polar surface area (TPSA) is 134 Å². The van der Waals surface area contributed by atoms with Gasteiger partial charge in [-0.25, -0.2) is 19.4 Å². The predicted molar refractivity (Wildman–Crippen MR) is 130 cm³/mol. The fourth-order valence-corrected chi connectivity index (χ4v) is 3.99. The standard InChI is InChI=1S/C24H30N2O4.C2H2O4/c1-20(27)26(30-19-22-11-7-4-8-12-22)24(23(28)29-2)14-17-25(18-15-24)16-13-21-9-5-3-6-10-21;3-1(4)2(5)6/h3-12H,13-19H2,1-2H3;(H,3,4)(H,5,6). The molecular formula is C26H32N2O8. The predicted octanol–water partition coefficient (Wildman–Crippen LogP) is 2.37. The molecule has 10 nitrogen and oxygen atoms in total. The lowest BCUT2D eigenvalue weighted by atomic mass is 9.86. The van der Waals surface area contributed by atoms with Gasteiger partial charge in [0.15, 0.2) is 5.54 Å². The number of methoxy groups -OCH3 is 1.